The van der Waals surface area contributed by atoms with Crippen molar-refractivity contribution in [3.05, 3.63) is 18.2 Å². The number of hydrogen-bond donors (Lipinski definition) is 1. The normalized spacial score (nSPS) is 10.4. The van der Waals surface area contributed by atoms with Crippen LogP contribution in [-0.2, 0) is 13.6 Å². The van der Waals surface area contributed by atoms with Crippen LogP contribution in [0.4, 0.5) is 0 Å². The number of aromatic nitrogens is 2. The maximum Gasteiger partial charge on any atom is 0.336 e. The fourth-order valence-corrected chi connectivity index (χ4v) is 1.59. The lowest BCUT2D eigenvalue weighted by Crippen LogP contribution is -2.33. The Balaban J connectivity index is 2.87. The third-order valence-electron chi connectivity index (χ3n) is 2.02. The predicted octanol–water partition coefficient (Wildman–Crippen LogP) is 1.18. The molecule has 3 nitrogen and oxygen atoms in total. The summed E-state index contributed by atoms with van der Waals surface area (Å²) in [6.07, 6.45) is 6.00. The van der Waals surface area contributed by atoms with E-state index >= 15 is 0 Å². The van der Waals surface area contributed by atoms with Gasteiger partial charge in [0.05, 0.1) is 13.6 Å². The standard InChI is InChI=1S/C9H14N2OS/c1-3-4-5-11-7-6-10(2)8(11)9(12)13/h6-7H,3-5H2,1-2H3/p+1. The second-order valence-electron chi connectivity index (χ2n) is 3.08. The van der Waals surface area contributed by atoms with Crippen molar-refractivity contribution in [2.45, 2.75) is 26.3 Å². The van der Waals surface area contributed by atoms with E-state index in [9.17, 15) is 4.79 Å². The summed E-state index contributed by atoms with van der Waals surface area (Å²) in [5.41, 5.74) is 0. The third kappa shape index (κ3) is 2.34. The van der Waals surface area contributed by atoms with Gasteiger partial charge < -0.3 is 0 Å². The summed E-state index contributed by atoms with van der Waals surface area (Å²) >= 11 is 3.83. The molecule has 13 heavy (non-hydrogen) atoms. The SMILES string of the molecule is CCCCn1cc[n+](C)c1C(=O)S. The monoisotopic (exact) mass is 199 g/mol. The van der Waals surface area contributed by atoms with Crippen LogP contribution in [0.25, 0.3) is 0 Å². The van der Waals surface area contributed by atoms with E-state index in [0.29, 0.717) is 5.82 Å². The minimum atomic E-state index is -0.177. The van der Waals surface area contributed by atoms with Gasteiger partial charge in [0, 0.05) is 0 Å². The average molecular weight is 199 g/mol. The Morgan fingerprint density at radius 3 is 2.92 bits per heavy atom. The van der Waals surface area contributed by atoms with Gasteiger partial charge in [-0.25, -0.2) is 9.13 Å². The summed E-state index contributed by atoms with van der Waals surface area (Å²) in [6, 6.07) is 0. The van der Waals surface area contributed by atoms with Gasteiger partial charge in [0.2, 0.25) is 0 Å². The lowest BCUT2D eigenvalue weighted by Gasteiger charge is -1.97. The average Bonchev–Trinajstić information content (AvgIpc) is 2.43. The zero-order chi connectivity index (χ0) is 9.84. The number of hydrogen-bond acceptors (Lipinski definition) is 1. The molecule has 0 fully saturated rings. The largest absolute Gasteiger partial charge is 0.336 e. The van der Waals surface area contributed by atoms with Gasteiger partial charge in [-0.2, -0.15) is 0 Å². The summed E-state index contributed by atoms with van der Waals surface area (Å²) in [7, 11) is 1.85. The minimum absolute atomic E-state index is 0.177. The smallest absolute Gasteiger partial charge is 0.273 e. The molecule has 0 aliphatic carbocycles. The van der Waals surface area contributed by atoms with Crippen LogP contribution in [0.15, 0.2) is 12.4 Å². The summed E-state index contributed by atoms with van der Waals surface area (Å²) < 4.78 is 3.74. The molecule has 4 heteroatoms. The van der Waals surface area contributed by atoms with Gasteiger partial charge in [-0.15, -0.1) is 0 Å². The first-order valence-corrected chi connectivity index (χ1v) is 4.89. The van der Waals surface area contributed by atoms with Gasteiger partial charge >= 0.3 is 5.82 Å². The number of thiol groups is 1. The van der Waals surface area contributed by atoms with E-state index in [1.165, 1.54) is 0 Å². The Bertz CT molecular complexity index is 307. The molecule has 0 atom stereocenters. The first kappa shape index (κ1) is 10.3. The highest BCUT2D eigenvalue weighted by atomic mass is 32.1. The number of carbonyl (C=O) groups excluding carboxylic acids is 1. The van der Waals surface area contributed by atoms with Crippen molar-refractivity contribution in [1.82, 2.24) is 4.57 Å². The van der Waals surface area contributed by atoms with Crippen molar-refractivity contribution in [2.75, 3.05) is 0 Å². The molecule has 0 bridgehead atoms. The highest BCUT2D eigenvalue weighted by Gasteiger charge is 2.19. The summed E-state index contributed by atoms with van der Waals surface area (Å²) in [5.74, 6) is 0.650. The first-order valence-electron chi connectivity index (χ1n) is 4.45. The zero-order valence-electron chi connectivity index (χ0n) is 8.03. The molecule has 1 aromatic heterocycles. The van der Waals surface area contributed by atoms with Crippen LogP contribution in [0.1, 0.15) is 30.4 Å². The van der Waals surface area contributed by atoms with E-state index in [0.717, 1.165) is 19.4 Å². The maximum absolute atomic E-state index is 11.1. The Morgan fingerprint density at radius 1 is 1.69 bits per heavy atom. The van der Waals surface area contributed by atoms with Gasteiger partial charge in [0.15, 0.2) is 0 Å². The lowest BCUT2D eigenvalue weighted by atomic mass is 10.3. The van der Waals surface area contributed by atoms with Crippen molar-refractivity contribution < 1.29 is 9.36 Å². The molecule has 0 amide bonds. The Kier molecular flexibility index (Phi) is 3.54. The quantitative estimate of drug-likeness (QED) is 0.572. The van der Waals surface area contributed by atoms with Gasteiger partial charge in [-0.3, -0.25) is 4.79 Å². The topological polar surface area (TPSA) is 25.9 Å². The first-order chi connectivity index (χ1) is 6.16. The van der Waals surface area contributed by atoms with Crippen LogP contribution >= 0.6 is 12.6 Å². The van der Waals surface area contributed by atoms with Crippen LogP contribution in [0.3, 0.4) is 0 Å². The molecular formula is C9H15N2OS+. The molecule has 0 aromatic carbocycles. The van der Waals surface area contributed by atoms with E-state index in [2.05, 4.69) is 19.6 Å². The van der Waals surface area contributed by atoms with Gasteiger partial charge in [0.25, 0.3) is 5.12 Å². The maximum atomic E-state index is 11.1. The van der Waals surface area contributed by atoms with Crippen LogP contribution in [0, 0.1) is 0 Å². The molecular weight excluding hydrogens is 184 g/mol. The number of imidazole rings is 1. The van der Waals surface area contributed by atoms with Gasteiger partial charge in [0.1, 0.15) is 12.4 Å². The molecule has 0 aliphatic rings. The fourth-order valence-electron chi connectivity index (χ4n) is 1.31. The second-order valence-corrected chi connectivity index (χ2v) is 3.49. The summed E-state index contributed by atoms with van der Waals surface area (Å²) in [5, 5.41) is -0.177. The molecule has 0 aliphatic heterocycles. The summed E-state index contributed by atoms with van der Waals surface area (Å²) in [4.78, 5) is 11.1. The van der Waals surface area contributed by atoms with E-state index in [-0.39, 0.29) is 5.12 Å². The zero-order valence-corrected chi connectivity index (χ0v) is 8.92. The molecule has 0 N–H and O–H groups in total. The minimum Gasteiger partial charge on any atom is -0.273 e. The van der Waals surface area contributed by atoms with E-state index < -0.39 is 0 Å². The Morgan fingerprint density at radius 2 is 2.38 bits per heavy atom. The molecule has 1 rings (SSSR count). The molecule has 1 heterocycles. The van der Waals surface area contributed by atoms with Crippen molar-refractivity contribution >= 4 is 17.7 Å². The molecule has 1 aromatic rings. The van der Waals surface area contributed by atoms with Crippen molar-refractivity contribution in [3.63, 3.8) is 0 Å². The fraction of sp³-hybridized carbons (Fsp3) is 0.556. The molecule has 0 saturated carbocycles. The number of aryl methyl sites for hydroxylation is 2. The highest BCUT2D eigenvalue weighted by Crippen LogP contribution is 2.01. The molecule has 72 valence electrons. The Hall–Kier alpha value is -0.770. The van der Waals surface area contributed by atoms with Crippen molar-refractivity contribution in [2.24, 2.45) is 7.05 Å². The van der Waals surface area contributed by atoms with Gasteiger partial charge in [-0.05, 0) is 6.42 Å². The van der Waals surface area contributed by atoms with E-state index in [4.69, 9.17) is 0 Å². The van der Waals surface area contributed by atoms with E-state index in [1.807, 2.05) is 24.0 Å². The number of rotatable bonds is 4. The van der Waals surface area contributed by atoms with Gasteiger partial charge in [-0.1, -0.05) is 26.0 Å². The highest BCUT2D eigenvalue weighted by molar-refractivity contribution is 7.97. The molecule has 0 saturated heterocycles. The summed E-state index contributed by atoms with van der Waals surface area (Å²) in [6.45, 7) is 3.02. The molecule has 0 spiro atoms. The van der Waals surface area contributed by atoms with Crippen LogP contribution in [0.5, 0.6) is 0 Å². The molecule has 0 radical (unpaired) electrons. The second kappa shape index (κ2) is 4.46. The number of nitrogens with zero attached hydrogens (tertiary/aromatic N) is 2. The number of carbonyl (C=O) groups is 1. The number of unbranched alkanes of at least 4 members (excludes halogenated alkanes) is 1. The molecule has 0 unspecified atom stereocenters. The third-order valence-corrected chi connectivity index (χ3v) is 2.22. The lowest BCUT2D eigenvalue weighted by molar-refractivity contribution is -0.672. The predicted molar refractivity (Wildman–Crippen MR) is 53.8 cm³/mol. The van der Waals surface area contributed by atoms with Crippen LogP contribution < -0.4 is 4.57 Å². The van der Waals surface area contributed by atoms with E-state index in [1.54, 1.807) is 4.57 Å². The van der Waals surface area contributed by atoms with Crippen LogP contribution in [0.2, 0.25) is 0 Å². The van der Waals surface area contributed by atoms with Crippen LogP contribution in [-0.4, -0.2) is 9.68 Å². The van der Waals surface area contributed by atoms with Crippen molar-refractivity contribution in [1.29, 1.82) is 0 Å². The Labute approximate surface area is 83.8 Å². The van der Waals surface area contributed by atoms with Crippen molar-refractivity contribution in [3.8, 4) is 0 Å².